The van der Waals surface area contributed by atoms with E-state index in [0.29, 0.717) is 12.8 Å². The van der Waals surface area contributed by atoms with E-state index in [1.165, 1.54) is 122 Å². The van der Waals surface area contributed by atoms with Crippen LogP contribution in [0.2, 0.25) is 0 Å². The third-order valence-corrected chi connectivity index (χ3v) is 26.7. The molecule has 137 heavy (non-hydrogen) atoms. The topological polar surface area (TPSA) is 712 Å². The Hall–Kier alpha value is -3.22. The normalized spacial score (nSPS) is 39.5. The molecule has 0 spiro atoms. The molecule has 2 amide bonds. The summed E-state index contributed by atoms with van der Waals surface area (Å²) in [6, 6.07) is -2.73. The Morgan fingerprint density at radius 1 is 0.285 bits per heavy atom. The maximum Gasteiger partial charge on any atom is 0.220 e. The van der Waals surface area contributed by atoms with Crippen LogP contribution in [-0.4, -0.2) is 457 Å². The van der Waals surface area contributed by atoms with Crippen LogP contribution >= 0.6 is 0 Å². The van der Waals surface area contributed by atoms with E-state index in [9.17, 15) is 137 Å². The minimum Gasteiger partial charge on any atom is -0.394 e. The van der Waals surface area contributed by atoms with Crippen LogP contribution in [0.5, 0.6) is 0 Å². The van der Waals surface area contributed by atoms with Crippen LogP contribution in [0.1, 0.15) is 226 Å². The lowest BCUT2D eigenvalue weighted by Gasteiger charge is -2.50. The smallest absolute Gasteiger partial charge is 0.220 e. The summed E-state index contributed by atoms with van der Waals surface area (Å²) in [7, 11) is 0. The number of carbonyl (C=O) groups is 2. The Morgan fingerprint density at radius 2 is 0.540 bits per heavy atom. The molecule has 0 aromatic heterocycles. The van der Waals surface area contributed by atoms with Crippen LogP contribution in [0.25, 0.3) is 0 Å². The Kier molecular flexibility index (Phi) is 54.5. The molecule has 27 N–H and O–H groups in total. The van der Waals surface area contributed by atoms with E-state index >= 15 is 0 Å². The van der Waals surface area contributed by atoms with Crippen molar-refractivity contribution in [3.63, 3.8) is 0 Å². The molecule has 8 rings (SSSR count). The first-order valence-electron chi connectivity index (χ1n) is 49.7. The molecule has 8 aliphatic rings. The molecule has 45 heteroatoms. The van der Waals surface area contributed by atoms with Gasteiger partial charge in [0.05, 0.1) is 71.6 Å². The van der Waals surface area contributed by atoms with E-state index in [2.05, 4.69) is 36.6 Å². The van der Waals surface area contributed by atoms with Crippen molar-refractivity contribution in [2.24, 2.45) is 0 Å². The molecule has 8 fully saturated rings. The highest BCUT2D eigenvalue weighted by molar-refractivity contribution is 5.76. The van der Waals surface area contributed by atoms with Gasteiger partial charge in [-0.15, -0.1) is 0 Å². The second kappa shape index (κ2) is 62.7. The number of aliphatic hydroxyl groups is 25. The summed E-state index contributed by atoms with van der Waals surface area (Å²) < 4.78 is 93.1. The molecule has 0 aromatic carbocycles. The quantitative estimate of drug-likeness (QED) is 0.0201. The minimum atomic E-state index is -2.40. The number of hydrogen-bond acceptors (Lipinski definition) is 43. The number of rotatable bonds is 62. The molecule has 0 aromatic rings. The van der Waals surface area contributed by atoms with E-state index in [4.69, 9.17) is 75.8 Å². The number of hydrogen-bond donors (Lipinski definition) is 27. The highest BCUT2D eigenvalue weighted by Gasteiger charge is 2.61. The number of amides is 2. The van der Waals surface area contributed by atoms with Crippen molar-refractivity contribution < 1.29 is 213 Å². The summed E-state index contributed by atoms with van der Waals surface area (Å²) in [6.45, 7) is -3.49. The van der Waals surface area contributed by atoms with Gasteiger partial charge < -0.3 is 214 Å². The van der Waals surface area contributed by atoms with Gasteiger partial charge >= 0.3 is 0 Å². The Bertz CT molecular complexity index is 3300. The van der Waals surface area contributed by atoms with Crippen molar-refractivity contribution in [3.8, 4) is 0 Å². The fraction of sp³-hybridized carbons (Fsp3) is 0.935. The zero-order valence-corrected chi connectivity index (χ0v) is 79.1. The van der Waals surface area contributed by atoms with Gasteiger partial charge in [0.25, 0.3) is 0 Å². The van der Waals surface area contributed by atoms with Crippen LogP contribution in [-0.2, 0) is 85.4 Å². The van der Waals surface area contributed by atoms with Gasteiger partial charge in [0.15, 0.2) is 50.3 Å². The van der Waals surface area contributed by atoms with Crippen LogP contribution in [0.4, 0.5) is 0 Å². The van der Waals surface area contributed by atoms with E-state index in [0.717, 1.165) is 71.1 Å². The van der Waals surface area contributed by atoms with Crippen molar-refractivity contribution >= 4 is 11.8 Å². The summed E-state index contributed by atoms with van der Waals surface area (Å²) in [5.74, 6) is -1.14. The van der Waals surface area contributed by atoms with Crippen molar-refractivity contribution in [1.82, 2.24) is 10.6 Å². The van der Waals surface area contributed by atoms with Crippen LogP contribution in [0.3, 0.4) is 0 Å². The lowest BCUT2D eigenvalue weighted by molar-refractivity contribution is -0.401. The molecule has 0 radical (unpaired) electrons. The Balaban J connectivity index is 0.855. The number of allylic oxidation sites excluding steroid dienone is 3. The first-order valence-corrected chi connectivity index (χ1v) is 49.7. The van der Waals surface area contributed by atoms with Crippen molar-refractivity contribution in [2.75, 3.05) is 59.5 Å². The maximum atomic E-state index is 13.6. The summed E-state index contributed by atoms with van der Waals surface area (Å²) in [5.41, 5.74) is 0. The van der Waals surface area contributed by atoms with Gasteiger partial charge in [-0.2, -0.15) is 0 Å². The fourth-order valence-electron chi connectivity index (χ4n) is 18.4. The van der Waals surface area contributed by atoms with Gasteiger partial charge in [0.1, 0.15) is 195 Å². The minimum absolute atomic E-state index is 0.158. The molecular weight excluding hydrogens is 1820 g/mol. The predicted molar refractivity (Wildman–Crippen MR) is 475 cm³/mol. The summed E-state index contributed by atoms with van der Waals surface area (Å²) in [4.78, 5) is 25.8. The largest absolute Gasteiger partial charge is 0.394 e. The molecule has 42 atom stereocenters. The van der Waals surface area contributed by atoms with Crippen molar-refractivity contribution in [3.05, 3.63) is 24.3 Å². The molecule has 8 saturated heterocycles. The fourth-order valence-corrected chi connectivity index (χ4v) is 18.4. The van der Waals surface area contributed by atoms with E-state index < -0.39 is 323 Å². The molecular formula is C92H164N2O43. The van der Waals surface area contributed by atoms with Gasteiger partial charge in [-0.3, -0.25) is 9.59 Å². The second-order valence-corrected chi connectivity index (χ2v) is 37.3. The molecule has 0 saturated carbocycles. The third kappa shape index (κ3) is 34.7. The molecule has 45 nitrogen and oxygen atoms in total. The SMILES string of the molecule is CCCCCCCC/C=C\CCCCCCCCCCCCCC(=O)N[C@@H](CO[C@@H]1OC(CO)[C@@H](O[C@@H]2OC(CO)[C@H](O[C@@H]3OC(CO)[C@H](O)[C@H](O[C@H]4OC(CO)[C@H](O)[C@H](O[C@H]5OC(CO)[C@H](O)[C@H](O[C@H]6OC(CO)[C@H](O)[C@H](O[C@H]7OC(CO)[C@H](O)[C@H](O[C@@H]8OC(CO)[C@H](O)[C@H](O)C8NC(C)=O)C7O)C6O)C5O)C4O)C3O)[C@H](O)C2O)[C@H](O)C1O)[C@H](O)/C=C/CCCCCCCCCCCCC. The number of aliphatic hydroxyl groups excluding tert-OH is 25. The molecule has 800 valence electrons. The molecule has 0 aliphatic carbocycles. The summed E-state index contributed by atoms with van der Waals surface area (Å²) >= 11 is 0. The standard InChI is InChI=1S/C92H164N2O43/c1-4-6-8-10-12-14-16-18-19-20-21-22-23-24-25-27-29-31-33-35-37-39-60(105)94-50(51(104)38-36-34-32-30-28-26-17-15-13-11-9-7-5-2)48-122-86-71(115)69(113)78(58(46-101)129-86)131-87-72(116)70(114)79(59(47-102)130-87)132-88-74(118)81(64(108)54(42-97)124-88)134-90-76(120)83(66(110)56(44-99)126-90)136-92-77(121)84(67(111)57(45-100)128-92)137-91-75(119)82(65(109)55(43-98)127-91)135-89-73(117)80(63(107)53(41-96)125-89)133-85-61(93-49(3)103)68(112)62(106)52(40-95)123-85/h18-19,36,38,50-59,61-92,95-102,104,106-121H,4-17,20-35,37,39-48H2,1-3H3,(H,93,103)(H,94,105)/b19-18-,38-36+/t50-,51+,52?,53?,54?,55?,56?,57?,58?,59?,61?,62-,63-,64-,65-,66-,67-,68+,69+,70+,71?,72?,73?,74?,75?,76?,77?,78+,79-,80-,81-,82-,83-,84-,85-,86+,87-,88-,89+,90+,91+,92+/m0/s1. The first-order chi connectivity index (χ1) is 65.9. The average molecular weight is 1990 g/mol. The van der Waals surface area contributed by atoms with Gasteiger partial charge in [-0.05, 0) is 44.9 Å². The van der Waals surface area contributed by atoms with E-state index in [1.54, 1.807) is 6.08 Å². The van der Waals surface area contributed by atoms with Gasteiger partial charge in [0, 0.05) is 13.3 Å². The second-order valence-electron chi connectivity index (χ2n) is 37.3. The highest BCUT2D eigenvalue weighted by atomic mass is 16.8. The third-order valence-electron chi connectivity index (χ3n) is 26.7. The molecule has 8 aliphatic heterocycles. The average Bonchev–Trinajstić information content (AvgIpc) is 0.766. The zero-order valence-electron chi connectivity index (χ0n) is 79.1. The number of ether oxygens (including phenoxy) is 16. The van der Waals surface area contributed by atoms with Gasteiger partial charge in [-0.25, -0.2) is 0 Å². The zero-order chi connectivity index (χ0) is 100.0. The maximum absolute atomic E-state index is 13.6. The van der Waals surface area contributed by atoms with Crippen LogP contribution in [0, 0.1) is 0 Å². The predicted octanol–water partition coefficient (Wildman–Crippen LogP) is -4.80. The summed E-state index contributed by atoms with van der Waals surface area (Å²) in [6.07, 6.45) is -37.8. The Morgan fingerprint density at radius 3 is 0.861 bits per heavy atom. The molecule has 16 unspecified atom stereocenters. The number of unbranched alkanes of at least 4 members (excludes halogenated alkanes) is 28. The monoisotopic (exact) mass is 1990 g/mol. The van der Waals surface area contributed by atoms with E-state index in [1.807, 2.05) is 6.08 Å². The molecule has 0 bridgehead atoms. The van der Waals surface area contributed by atoms with Crippen molar-refractivity contribution in [1.29, 1.82) is 0 Å². The van der Waals surface area contributed by atoms with E-state index in [-0.39, 0.29) is 12.3 Å². The summed E-state index contributed by atoms with van der Waals surface area (Å²) in [5, 5.41) is 286. The van der Waals surface area contributed by atoms with Gasteiger partial charge in [-0.1, -0.05) is 192 Å². The Labute approximate surface area is 800 Å². The first kappa shape index (κ1) is 119. The van der Waals surface area contributed by atoms with Crippen LogP contribution in [0.15, 0.2) is 24.3 Å². The molecule has 8 heterocycles. The number of carbonyl (C=O) groups excluding carboxylic acids is 2. The highest BCUT2D eigenvalue weighted by Crippen LogP contribution is 2.40. The lowest BCUT2D eigenvalue weighted by Crippen LogP contribution is -2.69. The van der Waals surface area contributed by atoms with Crippen molar-refractivity contribution in [2.45, 2.75) is 484 Å². The lowest BCUT2D eigenvalue weighted by atomic mass is 9.94. The van der Waals surface area contributed by atoms with Gasteiger partial charge in [0.2, 0.25) is 11.8 Å². The van der Waals surface area contributed by atoms with Crippen LogP contribution < -0.4 is 10.6 Å². The number of nitrogens with one attached hydrogen (secondary N) is 2.